The first-order valence-corrected chi connectivity index (χ1v) is 7.45. The number of nitrogens with one attached hydrogen (secondary N) is 1. The van der Waals surface area contributed by atoms with Crippen LogP contribution < -0.4 is 5.32 Å². The molecule has 0 aliphatic carbocycles. The van der Waals surface area contributed by atoms with Gasteiger partial charge in [0.2, 0.25) is 11.1 Å². The first-order chi connectivity index (χ1) is 9.76. The molecule has 0 saturated heterocycles. The lowest BCUT2D eigenvalue weighted by Crippen LogP contribution is -2.44. The molecule has 1 aromatic rings. The van der Waals surface area contributed by atoms with Crippen molar-refractivity contribution in [2.45, 2.75) is 56.5 Å². The smallest absolute Gasteiger partial charge is 0.233 e. The Balaban J connectivity index is 2.67. The molecule has 21 heavy (non-hydrogen) atoms. The van der Waals surface area contributed by atoms with Gasteiger partial charge in [-0.3, -0.25) is 4.79 Å². The fourth-order valence-corrected chi connectivity index (χ4v) is 2.26. The summed E-state index contributed by atoms with van der Waals surface area (Å²) in [6.07, 6.45) is -0.438. The third-order valence-electron chi connectivity index (χ3n) is 2.50. The van der Waals surface area contributed by atoms with Gasteiger partial charge in [-0.05, 0) is 38.1 Å². The summed E-state index contributed by atoms with van der Waals surface area (Å²) in [5, 5.41) is 14.6. The lowest BCUT2D eigenvalue weighted by atomic mass is 10.1. The maximum Gasteiger partial charge on any atom is 0.233 e. The van der Waals surface area contributed by atoms with Crippen LogP contribution in [0.3, 0.4) is 0 Å². The molecular weight excluding hydrogens is 294 g/mol. The number of amides is 1. The van der Waals surface area contributed by atoms with Gasteiger partial charge in [0, 0.05) is 19.8 Å². The Bertz CT molecular complexity index is 456. The van der Waals surface area contributed by atoms with Crippen molar-refractivity contribution in [2.24, 2.45) is 0 Å². The number of thioether (sulfide) groups is 1. The quantitative estimate of drug-likeness (QED) is 0.584. The van der Waals surface area contributed by atoms with Crippen molar-refractivity contribution in [1.82, 2.24) is 25.5 Å². The van der Waals surface area contributed by atoms with E-state index in [9.17, 15) is 4.79 Å². The van der Waals surface area contributed by atoms with E-state index in [0.717, 1.165) is 0 Å². The van der Waals surface area contributed by atoms with Crippen molar-refractivity contribution < 1.29 is 14.3 Å². The Morgan fingerprint density at radius 3 is 2.52 bits per heavy atom. The molecule has 1 atom stereocenters. The van der Waals surface area contributed by atoms with Crippen molar-refractivity contribution >= 4 is 17.7 Å². The van der Waals surface area contributed by atoms with Gasteiger partial charge in [0.25, 0.3) is 0 Å². The molecule has 0 spiro atoms. The van der Waals surface area contributed by atoms with E-state index in [0.29, 0.717) is 11.7 Å². The Morgan fingerprint density at radius 2 is 2.00 bits per heavy atom. The second-order valence-electron chi connectivity index (χ2n) is 5.54. The van der Waals surface area contributed by atoms with Crippen molar-refractivity contribution in [3.05, 3.63) is 0 Å². The van der Waals surface area contributed by atoms with Crippen LogP contribution in [0.4, 0.5) is 0 Å². The van der Waals surface area contributed by atoms with E-state index in [2.05, 4.69) is 20.8 Å². The zero-order chi connectivity index (χ0) is 16.0. The maximum atomic E-state index is 12.1. The van der Waals surface area contributed by atoms with Crippen LogP contribution >= 0.6 is 11.8 Å². The SMILES string of the molecule is COC(Cn1nnnc1SC(C)C(=O)NC(C)(C)C)OC. The zero-order valence-corrected chi connectivity index (χ0v) is 14.1. The first-order valence-electron chi connectivity index (χ1n) is 6.57. The molecule has 1 amide bonds. The van der Waals surface area contributed by atoms with Crippen LogP contribution in [0.1, 0.15) is 27.7 Å². The number of hydrogen-bond donors (Lipinski definition) is 1. The predicted octanol–water partition coefficient (Wildman–Crippen LogP) is 0.687. The van der Waals surface area contributed by atoms with E-state index in [4.69, 9.17) is 9.47 Å². The van der Waals surface area contributed by atoms with E-state index in [1.807, 2.05) is 27.7 Å². The maximum absolute atomic E-state index is 12.1. The van der Waals surface area contributed by atoms with Crippen molar-refractivity contribution in [3.8, 4) is 0 Å². The highest BCUT2D eigenvalue weighted by molar-refractivity contribution is 8.00. The van der Waals surface area contributed by atoms with Crippen LogP contribution in [-0.4, -0.2) is 57.4 Å². The molecule has 1 rings (SSSR count). The van der Waals surface area contributed by atoms with Gasteiger partial charge in [-0.2, -0.15) is 0 Å². The van der Waals surface area contributed by atoms with Crippen molar-refractivity contribution in [1.29, 1.82) is 0 Å². The van der Waals surface area contributed by atoms with E-state index >= 15 is 0 Å². The molecule has 0 aliphatic heterocycles. The summed E-state index contributed by atoms with van der Waals surface area (Å²) in [6, 6.07) is 0. The van der Waals surface area contributed by atoms with Crippen molar-refractivity contribution in [3.63, 3.8) is 0 Å². The Kier molecular flexibility index (Phi) is 6.56. The van der Waals surface area contributed by atoms with Crippen LogP contribution in [-0.2, 0) is 20.8 Å². The molecule has 120 valence electrons. The monoisotopic (exact) mass is 317 g/mol. The summed E-state index contributed by atoms with van der Waals surface area (Å²) in [4.78, 5) is 12.1. The molecule has 8 nitrogen and oxygen atoms in total. The fraction of sp³-hybridized carbons (Fsp3) is 0.833. The molecule has 1 heterocycles. The second kappa shape index (κ2) is 7.71. The molecule has 1 N–H and O–H groups in total. The Hall–Kier alpha value is -1.19. The lowest BCUT2D eigenvalue weighted by Gasteiger charge is -2.22. The normalized spacial score (nSPS) is 13.5. The van der Waals surface area contributed by atoms with Crippen LogP contribution in [0.25, 0.3) is 0 Å². The first kappa shape index (κ1) is 17.9. The summed E-state index contributed by atoms with van der Waals surface area (Å²) >= 11 is 1.29. The molecule has 9 heteroatoms. The Morgan fingerprint density at radius 1 is 1.38 bits per heavy atom. The minimum Gasteiger partial charge on any atom is -0.354 e. The molecule has 0 aromatic carbocycles. The predicted molar refractivity (Wildman–Crippen MR) is 78.8 cm³/mol. The third-order valence-corrected chi connectivity index (χ3v) is 3.57. The van der Waals surface area contributed by atoms with Gasteiger partial charge in [-0.15, -0.1) is 5.10 Å². The van der Waals surface area contributed by atoms with Crippen LogP contribution in [0.15, 0.2) is 5.16 Å². The van der Waals surface area contributed by atoms with E-state index in [-0.39, 0.29) is 16.7 Å². The summed E-state index contributed by atoms with van der Waals surface area (Å²) < 4.78 is 11.8. The summed E-state index contributed by atoms with van der Waals surface area (Å²) in [7, 11) is 3.09. The van der Waals surface area contributed by atoms with Crippen LogP contribution in [0.5, 0.6) is 0 Å². The van der Waals surface area contributed by atoms with E-state index in [1.165, 1.54) is 11.8 Å². The van der Waals surface area contributed by atoms with E-state index in [1.54, 1.807) is 18.9 Å². The number of nitrogens with zero attached hydrogens (tertiary/aromatic N) is 4. The lowest BCUT2D eigenvalue weighted by molar-refractivity contribution is -0.121. The number of ether oxygens (including phenoxy) is 2. The highest BCUT2D eigenvalue weighted by Gasteiger charge is 2.23. The average molecular weight is 317 g/mol. The highest BCUT2D eigenvalue weighted by Crippen LogP contribution is 2.21. The summed E-state index contributed by atoms with van der Waals surface area (Å²) in [5.74, 6) is -0.0583. The molecule has 0 aliphatic rings. The molecular formula is C12H23N5O3S. The van der Waals surface area contributed by atoms with Crippen LogP contribution in [0, 0.1) is 0 Å². The third kappa shape index (κ3) is 5.98. The Labute approximate surface area is 128 Å². The number of rotatable bonds is 7. The molecule has 1 aromatic heterocycles. The van der Waals surface area contributed by atoms with Crippen LogP contribution in [0.2, 0.25) is 0 Å². The van der Waals surface area contributed by atoms with Gasteiger partial charge < -0.3 is 14.8 Å². The molecule has 0 fully saturated rings. The molecule has 0 radical (unpaired) electrons. The second-order valence-corrected chi connectivity index (χ2v) is 6.85. The summed E-state index contributed by atoms with van der Waals surface area (Å²) in [6.45, 7) is 7.99. The standard InChI is InChI=1S/C12H23N5O3S/c1-8(10(18)13-12(2,3)4)21-11-14-15-16-17(11)7-9(19-5)20-6/h8-9H,7H2,1-6H3,(H,13,18). The van der Waals surface area contributed by atoms with Gasteiger partial charge in [0.05, 0.1) is 11.8 Å². The van der Waals surface area contributed by atoms with Gasteiger partial charge in [-0.25, -0.2) is 4.68 Å². The minimum absolute atomic E-state index is 0.0583. The number of hydrogen-bond acceptors (Lipinski definition) is 7. The largest absolute Gasteiger partial charge is 0.354 e. The number of carbonyl (C=O) groups excluding carboxylic acids is 1. The average Bonchev–Trinajstić information content (AvgIpc) is 2.81. The topological polar surface area (TPSA) is 91.2 Å². The van der Waals surface area contributed by atoms with Gasteiger partial charge in [0.15, 0.2) is 6.29 Å². The molecule has 0 saturated carbocycles. The highest BCUT2D eigenvalue weighted by atomic mass is 32.2. The number of aromatic nitrogens is 4. The minimum atomic E-state index is -0.438. The van der Waals surface area contributed by atoms with Gasteiger partial charge in [-0.1, -0.05) is 11.8 Å². The number of carbonyl (C=O) groups is 1. The van der Waals surface area contributed by atoms with Crippen molar-refractivity contribution in [2.75, 3.05) is 14.2 Å². The zero-order valence-electron chi connectivity index (χ0n) is 13.3. The fourth-order valence-electron chi connectivity index (χ4n) is 1.46. The molecule has 1 unspecified atom stereocenters. The summed E-state index contributed by atoms with van der Waals surface area (Å²) in [5.41, 5.74) is -0.269. The van der Waals surface area contributed by atoms with E-state index < -0.39 is 6.29 Å². The number of methoxy groups -OCH3 is 2. The van der Waals surface area contributed by atoms with Gasteiger partial charge >= 0.3 is 0 Å². The number of tetrazole rings is 1. The molecule has 0 bridgehead atoms. The van der Waals surface area contributed by atoms with Gasteiger partial charge in [0.1, 0.15) is 0 Å².